The van der Waals surface area contributed by atoms with Crippen molar-refractivity contribution in [1.29, 1.82) is 0 Å². The van der Waals surface area contributed by atoms with Crippen molar-refractivity contribution in [3.63, 3.8) is 0 Å². The highest BCUT2D eigenvalue weighted by Gasteiger charge is 2.24. The summed E-state index contributed by atoms with van der Waals surface area (Å²) in [6.45, 7) is 5.25. The molecule has 1 rings (SSSR count). The molecule has 104 valence electrons. The fourth-order valence-corrected chi connectivity index (χ4v) is 2.01. The molecule has 0 aliphatic carbocycles. The van der Waals surface area contributed by atoms with Crippen LogP contribution in [0.4, 0.5) is 16.2 Å². The van der Waals surface area contributed by atoms with E-state index in [9.17, 15) is 14.9 Å². The summed E-state index contributed by atoms with van der Waals surface area (Å²) in [6, 6.07) is 4.47. The molecule has 0 fully saturated rings. The van der Waals surface area contributed by atoms with Crippen LogP contribution in [0.1, 0.15) is 20.8 Å². The Labute approximate surface area is 119 Å². The van der Waals surface area contributed by atoms with Crippen molar-refractivity contribution in [3.8, 4) is 0 Å². The summed E-state index contributed by atoms with van der Waals surface area (Å²) in [5.74, 6) is 0. The molecule has 1 aromatic carbocycles. The lowest BCUT2D eigenvalue weighted by atomic mass is 10.2. The van der Waals surface area contributed by atoms with E-state index in [-0.39, 0.29) is 10.2 Å². The van der Waals surface area contributed by atoms with Gasteiger partial charge in [0.1, 0.15) is 10.1 Å². The minimum atomic E-state index is -0.626. The van der Waals surface area contributed by atoms with Gasteiger partial charge in [0.2, 0.25) is 0 Å². The van der Waals surface area contributed by atoms with Gasteiger partial charge < -0.3 is 4.74 Å². The van der Waals surface area contributed by atoms with Gasteiger partial charge in [0.05, 0.1) is 10.6 Å². The lowest BCUT2D eigenvalue weighted by Crippen LogP contribution is -2.34. The molecule has 0 atom stereocenters. The minimum Gasteiger partial charge on any atom is -0.443 e. The number of hydrogen-bond acceptors (Lipinski definition) is 4. The molecule has 0 saturated heterocycles. The van der Waals surface area contributed by atoms with Crippen LogP contribution in [-0.2, 0) is 4.74 Å². The van der Waals surface area contributed by atoms with Gasteiger partial charge in [-0.1, -0.05) is 6.07 Å². The zero-order valence-electron chi connectivity index (χ0n) is 11.1. The monoisotopic (exact) mass is 330 g/mol. The van der Waals surface area contributed by atoms with Gasteiger partial charge in [0.25, 0.3) is 5.69 Å². The largest absolute Gasteiger partial charge is 0.443 e. The molecule has 0 N–H and O–H groups in total. The summed E-state index contributed by atoms with van der Waals surface area (Å²) in [5.41, 5.74) is -0.352. The van der Waals surface area contributed by atoms with Crippen LogP contribution in [0.2, 0.25) is 0 Å². The fraction of sp³-hybridized carbons (Fsp3) is 0.417. The Morgan fingerprint density at radius 3 is 2.47 bits per heavy atom. The summed E-state index contributed by atoms with van der Waals surface area (Å²) >= 11 is 3.14. The number of hydrogen-bond donors (Lipinski definition) is 0. The second kappa shape index (κ2) is 5.56. The van der Waals surface area contributed by atoms with E-state index in [2.05, 4.69) is 15.9 Å². The molecule has 1 amide bonds. The Hall–Kier alpha value is -1.63. The number of nitrogens with zero attached hydrogens (tertiary/aromatic N) is 2. The number of amides is 1. The van der Waals surface area contributed by atoms with Crippen LogP contribution in [0.5, 0.6) is 0 Å². The Morgan fingerprint density at radius 2 is 2.00 bits per heavy atom. The number of nitro groups is 1. The molecule has 19 heavy (non-hydrogen) atoms. The topological polar surface area (TPSA) is 72.7 Å². The third-order valence-corrected chi connectivity index (χ3v) is 3.00. The van der Waals surface area contributed by atoms with E-state index < -0.39 is 16.6 Å². The van der Waals surface area contributed by atoms with E-state index in [1.807, 2.05) is 0 Å². The van der Waals surface area contributed by atoms with Gasteiger partial charge in [-0.3, -0.25) is 15.0 Å². The first-order valence-electron chi connectivity index (χ1n) is 5.53. The van der Waals surface area contributed by atoms with Gasteiger partial charge in [-0.05, 0) is 42.8 Å². The highest BCUT2D eigenvalue weighted by molar-refractivity contribution is 9.10. The first kappa shape index (κ1) is 15.4. The number of carbonyl (C=O) groups is 1. The maximum atomic E-state index is 11.9. The molecular formula is C12H15BrN2O4. The van der Waals surface area contributed by atoms with Gasteiger partial charge in [-0.2, -0.15) is 0 Å². The standard InChI is InChI=1S/C12H15BrN2O4/c1-12(2,3)19-11(16)14(4)8-6-5-7-9(10(8)13)15(17)18/h5-7H,1-4H3. The molecule has 0 aliphatic heterocycles. The highest BCUT2D eigenvalue weighted by Crippen LogP contribution is 2.34. The molecule has 0 spiro atoms. The fourth-order valence-electron chi connectivity index (χ4n) is 1.34. The molecular weight excluding hydrogens is 316 g/mol. The Kier molecular flexibility index (Phi) is 4.52. The summed E-state index contributed by atoms with van der Waals surface area (Å²) in [7, 11) is 1.50. The number of ether oxygens (including phenoxy) is 1. The van der Waals surface area contributed by atoms with Crippen molar-refractivity contribution >= 4 is 33.4 Å². The van der Waals surface area contributed by atoms with E-state index >= 15 is 0 Å². The van der Waals surface area contributed by atoms with Crippen molar-refractivity contribution in [2.24, 2.45) is 0 Å². The third-order valence-electron chi connectivity index (χ3n) is 2.18. The molecule has 1 aromatic rings. The van der Waals surface area contributed by atoms with Crippen molar-refractivity contribution < 1.29 is 14.5 Å². The third kappa shape index (κ3) is 3.92. The normalized spacial score (nSPS) is 11.0. The molecule has 6 nitrogen and oxygen atoms in total. The van der Waals surface area contributed by atoms with Gasteiger partial charge in [0.15, 0.2) is 0 Å². The summed E-state index contributed by atoms with van der Waals surface area (Å²) in [5, 5.41) is 10.8. The van der Waals surface area contributed by atoms with Crippen molar-refractivity contribution in [3.05, 3.63) is 32.8 Å². The summed E-state index contributed by atoms with van der Waals surface area (Å²) in [6.07, 6.45) is -0.575. The SMILES string of the molecule is CN(C(=O)OC(C)(C)C)c1cccc([N+](=O)[O-])c1Br. The summed E-state index contributed by atoms with van der Waals surface area (Å²) in [4.78, 5) is 23.4. The molecule has 0 saturated carbocycles. The quantitative estimate of drug-likeness (QED) is 0.611. The second-order valence-corrected chi connectivity index (χ2v) is 5.70. The molecule has 0 radical (unpaired) electrons. The molecule has 0 bridgehead atoms. The van der Waals surface area contributed by atoms with Crippen LogP contribution in [-0.4, -0.2) is 23.7 Å². The molecule has 0 unspecified atom stereocenters. The predicted octanol–water partition coefficient (Wildman–Crippen LogP) is 3.73. The van der Waals surface area contributed by atoms with E-state index in [1.54, 1.807) is 26.8 Å². The number of rotatable bonds is 2. The Bertz CT molecular complexity index is 511. The Balaban J connectivity index is 3.07. The van der Waals surface area contributed by atoms with Crippen LogP contribution in [0.15, 0.2) is 22.7 Å². The lowest BCUT2D eigenvalue weighted by Gasteiger charge is -2.25. The van der Waals surface area contributed by atoms with E-state index in [0.717, 1.165) is 0 Å². The number of carbonyl (C=O) groups excluding carboxylic acids is 1. The van der Waals surface area contributed by atoms with Crippen molar-refractivity contribution in [2.75, 3.05) is 11.9 Å². The average molecular weight is 331 g/mol. The lowest BCUT2D eigenvalue weighted by molar-refractivity contribution is -0.385. The van der Waals surface area contributed by atoms with E-state index in [0.29, 0.717) is 5.69 Å². The highest BCUT2D eigenvalue weighted by atomic mass is 79.9. The average Bonchev–Trinajstić information content (AvgIpc) is 2.25. The van der Waals surface area contributed by atoms with Gasteiger partial charge in [0, 0.05) is 13.1 Å². The summed E-state index contributed by atoms with van der Waals surface area (Å²) < 4.78 is 5.45. The number of halogens is 1. The zero-order chi connectivity index (χ0) is 14.8. The smallest absolute Gasteiger partial charge is 0.414 e. The maximum absolute atomic E-state index is 11.9. The van der Waals surface area contributed by atoms with Crippen LogP contribution in [0.25, 0.3) is 0 Å². The Morgan fingerprint density at radius 1 is 1.42 bits per heavy atom. The van der Waals surface area contributed by atoms with E-state index in [1.165, 1.54) is 24.1 Å². The minimum absolute atomic E-state index is 0.104. The van der Waals surface area contributed by atoms with Crippen molar-refractivity contribution in [2.45, 2.75) is 26.4 Å². The first-order valence-corrected chi connectivity index (χ1v) is 6.32. The molecule has 7 heteroatoms. The van der Waals surface area contributed by atoms with Gasteiger partial charge in [-0.25, -0.2) is 4.79 Å². The number of nitro benzene ring substituents is 1. The van der Waals surface area contributed by atoms with Crippen molar-refractivity contribution in [1.82, 2.24) is 0 Å². The molecule has 0 aliphatic rings. The van der Waals surface area contributed by atoms with Gasteiger partial charge >= 0.3 is 6.09 Å². The zero-order valence-corrected chi connectivity index (χ0v) is 12.7. The number of anilines is 1. The van der Waals surface area contributed by atoms with E-state index in [4.69, 9.17) is 4.74 Å². The number of benzene rings is 1. The van der Waals surface area contributed by atoms with Crippen LogP contribution in [0.3, 0.4) is 0 Å². The second-order valence-electron chi connectivity index (χ2n) is 4.91. The molecule has 0 heterocycles. The molecule has 0 aromatic heterocycles. The first-order chi connectivity index (χ1) is 8.63. The predicted molar refractivity (Wildman–Crippen MR) is 75.4 cm³/mol. The van der Waals surface area contributed by atoms with Crippen LogP contribution in [0, 0.1) is 10.1 Å². The van der Waals surface area contributed by atoms with Crippen LogP contribution >= 0.6 is 15.9 Å². The van der Waals surface area contributed by atoms with Crippen LogP contribution < -0.4 is 4.90 Å². The maximum Gasteiger partial charge on any atom is 0.414 e. The van der Waals surface area contributed by atoms with Gasteiger partial charge in [-0.15, -0.1) is 0 Å².